The van der Waals surface area contributed by atoms with Gasteiger partial charge in [0, 0.05) is 54.2 Å². The molecule has 1 heterocycles. The number of hydrogen-bond donors (Lipinski definition) is 7. The zero-order valence-electron chi connectivity index (χ0n) is 22.0. The average molecular weight is 557 g/mol. The maximum absolute atomic E-state index is 13.8. The molecule has 0 saturated carbocycles. The fraction of sp³-hybridized carbons (Fsp3) is 0.464. The maximum Gasteiger partial charge on any atom is 0.200 e. The summed E-state index contributed by atoms with van der Waals surface area (Å²) in [6.45, 7) is 2.64. The normalized spacial score (nSPS) is 29.4. The van der Waals surface area contributed by atoms with Gasteiger partial charge in [-0.3, -0.25) is 14.4 Å². The molecule has 0 radical (unpaired) electrons. The van der Waals surface area contributed by atoms with Crippen LogP contribution in [0, 0.1) is 0 Å². The van der Waals surface area contributed by atoms with Crippen LogP contribution in [0.1, 0.15) is 75.8 Å². The second kappa shape index (κ2) is 10.2. The minimum absolute atomic E-state index is 0.0160. The molecular weight excluding hydrogens is 524 g/mol. The molecule has 0 bridgehead atoms. The van der Waals surface area contributed by atoms with Gasteiger partial charge in [0.05, 0.1) is 41.6 Å². The van der Waals surface area contributed by atoms with E-state index in [1.807, 2.05) is 0 Å². The summed E-state index contributed by atoms with van der Waals surface area (Å²) in [6.07, 6.45) is -4.63. The highest BCUT2D eigenvalue weighted by Gasteiger charge is 2.49. The number of ketones is 3. The van der Waals surface area contributed by atoms with Crippen LogP contribution in [0.5, 0.6) is 11.5 Å². The van der Waals surface area contributed by atoms with E-state index in [0.29, 0.717) is 0 Å². The minimum atomic E-state index is -2.02. The average Bonchev–Trinajstić information content (AvgIpc) is 2.90. The number of carbonyl (C=O) groups excluding carboxylic acids is 3. The molecule has 2 aliphatic carbocycles. The molecule has 2 aromatic rings. The summed E-state index contributed by atoms with van der Waals surface area (Å²) in [6, 6.07) is 3.80. The molecule has 1 aliphatic heterocycles. The van der Waals surface area contributed by atoms with Gasteiger partial charge < -0.3 is 46.1 Å². The molecular formula is C28H32N2O10. The second-order valence-corrected chi connectivity index (χ2v) is 10.6. The summed E-state index contributed by atoms with van der Waals surface area (Å²) < 4.78 is 11.8. The molecule has 0 aromatic heterocycles. The first-order valence-corrected chi connectivity index (χ1v) is 13.0. The van der Waals surface area contributed by atoms with Gasteiger partial charge in [-0.1, -0.05) is 12.1 Å². The Morgan fingerprint density at radius 2 is 1.88 bits per heavy atom. The molecule has 5 rings (SSSR count). The Hall–Kier alpha value is -3.39. The summed E-state index contributed by atoms with van der Waals surface area (Å²) in [5.41, 5.74) is 3.21. The Bertz CT molecular complexity index is 1400. The number of benzene rings is 2. The molecule has 12 heteroatoms. The van der Waals surface area contributed by atoms with Gasteiger partial charge in [-0.05, 0) is 19.9 Å². The summed E-state index contributed by atoms with van der Waals surface area (Å²) >= 11 is 0. The fourth-order valence-electron chi connectivity index (χ4n) is 5.86. The van der Waals surface area contributed by atoms with Crippen LogP contribution in [0.2, 0.25) is 0 Å². The van der Waals surface area contributed by atoms with Crippen LogP contribution in [0.15, 0.2) is 18.2 Å². The molecule has 214 valence electrons. The van der Waals surface area contributed by atoms with Crippen LogP contribution < -0.4 is 11.1 Å². The van der Waals surface area contributed by atoms with Crippen LogP contribution in [0.3, 0.4) is 0 Å². The number of Topliss-reactive ketones (excluding diaryl/α,β-unsaturated/α-hetero) is 1. The van der Waals surface area contributed by atoms with Crippen molar-refractivity contribution < 1.29 is 49.4 Å². The van der Waals surface area contributed by atoms with E-state index in [4.69, 9.17) is 15.2 Å². The van der Waals surface area contributed by atoms with Gasteiger partial charge in [0.2, 0.25) is 0 Å². The third-order valence-corrected chi connectivity index (χ3v) is 8.04. The lowest BCUT2D eigenvalue weighted by Gasteiger charge is -2.42. The van der Waals surface area contributed by atoms with Gasteiger partial charge in [0.25, 0.3) is 0 Å². The summed E-state index contributed by atoms with van der Waals surface area (Å²) in [4.78, 5) is 40.0. The molecule has 8 N–H and O–H groups in total. The number of aromatic hydroxyl groups is 2. The van der Waals surface area contributed by atoms with E-state index >= 15 is 0 Å². The Morgan fingerprint density at radius 3 is 2.52 bits per heavy atom. The van der Waals surface area contributed by atoms with E-state index in [9.17, 15) is 39.9 Å². The lowest BCUT2D eigenvalue weighted by atomic mass is 9.72. The lowest BCUT2D eigenvalue weighted by molar-refractivity contribution is -0.247. The number of fused-ring (bicyclic) bond motifs is 3. The summed E-state index contributed by atoms with van der Waals surface area (Å²) in [5.74, 6) is -3.35. The van der Waals surface area contributed by atoms with Crippen molar-refractivity contribution in [3.8, 4) is 11.5 Å². The number of nitrogens with two attached hydrogens (primary N) is 1. The Balaban J connectivity index is 1.66. The van der Waals surface area contributed by atoms with Crippen molar-refractivity contribution in [1.29, 1.82) is 0 Å². The van der Waals surface area contributed by atoms with E-state index in [1.165, 1.54) is 19.1 Å². The second-order valence-electron chi connectivity index (χ2n) is 10.6. The highest BCUT2D eigenvalue weighted by Crippen LogP contribution is 2.52. The van der Waals surface area contributed by atoms with Crippen LogP contribution in [-0.4, -0.2) is 86.2 Å². The molecule has 6 atom stereocenters. The maximum atomic E-state index is 13.8. The third kappa shape index (κ3) is 4.37. The number of carbonyl (C=O) groups is 3. The van der Waals surface area contributed by atoms with Crippen molar-refractivity contribution in [3.05, 3.63) is 51.6 Å². The van der Waals surface area contributed by atoms with Crippen molar-refractivity contribution >= 4 is 23.0 Å². The summed E-state index contributed by atoms with van der Waals surface area (Å²) in [5, 5.41) is 56.5. The van der Waals surface area contributed by atoms with E-state index < -0.39 is 82.6 Å². The monoisotopic (exact) mass is 556 g/mol. The predicted molar refractivity (Wildman–Crippen MR) is 139 cm³/mol. The quantitative estimate of drug-likeness (QED) is 0.206. The summed E-state index contributed by atoms with van der Waals surface area (Å²) in [7, 11) is 0. The molecule has 1 fully saturated rings. The number of nitrogens with one attached hydrogen (secondary N) is 1. The number of phenolic OH excluding ortho intramolecular Hbond substituents is 2. The first-order chi connectivity index (χ1) is 18.9. The Morgan fingerprint density at radius 1 is 1.18 bits per heavy atom. The first-order valence-electron chi connectivity index (χ1n) is 13.0. The van der Waals surface area contributed by atoms with Gasteiger partial charge >= 0.3 is 0 Å². The molecule has 1 saturated heterocycles. The van der Waals surface area contributed by atoms with Gasteiger partial charge in [-0.15, -0.1) is 0 Å². The van der Waals surface area contributed by atoms with Gasteiger partial charge in [-0.2, -0.15) is 0 Å². The largest absolute Gasteiger partial charge is 0.507 e. The number of aliphatic hydroxyl groups excluding tert-OH is 2. The standard InChI is InChI=1S/C28H32N2O10/c1-11-23(33)15(29)8-18(39-11)40-17-10-28(38,12(2)32)9-14-20(17)27(37)22-21(25(14)35)24(34)13-4-3-5-16(30-6-7-31)19(13)26(22)36/h3-5,11,15,17-18,23,30-31,33,35,37-38H,6-10,29H2,1-2H3/t11-,15-,17-,18?,23+,28-/m0/s1. The Kier molecular flexibility index (Phi) is 7.19. The molecule has 0 spiro atoms. The molecule has 40 heavy (non-hydrogen) atoms. The van der Waals surface area contributed by atoms with E-state index in [-0.39, 0.29) is 53.9 Å². The molecule has 2 aromatic carbocycles. The zero-order chi connectivity index (χ0) is 29.1. The van der Waals surface area contributed by atoms with Gasteiger partial charge in [-0.25, -0.2) is 0 Å². The number of hydrogen-bond acceptors (Lipinski definition) is 12. The van der Waals surface area contributed by atoms with Crippen LogP contribution >= 0.6 is 0 Å². The van der Waals surface area contributed by atoms with E-state index in [0.717, 1.165) is 0 Å². The van der Waals surface area contributed by atoms with Crippen molar-refractivity contribution in [3.63, 3.8) is 0 Å². The number of anilines is 1. The zero-order valence-corrected chi connectivity index (χ0v) is 22.0. The van der Waals surface area contributed by atoms with Crippen molar-refractivity contribution in [2.24, 2.45) is 5.73 Å². The first kappa shape index (κ1) is 28.1. The van der Waals surface area contributed by atoms with E-state index in [2.05, 4.69) is 5.32 Å². The van der Waals surface area contributed by atoms with Crippen LogP contribution in [0.4, 0.5) is 5.69 Å². The fourth-order valence-corrected chi connectivity index (χ4v) is 5.86. The third-order valence-electron chi connectivity index (χ3n) is 8.04. The van der Waals surface area contributed by atoms with Gasteiger partial charge in [0.15, 0.2) is 23.6 Å². The number of aliphatic hydroxyl groups is 3. The Labute approximate surface area is 229 Å². The highest BCUT2D eigenvalue weighted by atomic mass is 16.7. The predicted octanol–water partition coefficient (Wildman–Crippen LogP) is 0.424. The topological polar surface area (TPSA) is 209 Å². The molecule has 3 aliphatic rings. The van der Waals surface area contributed by atoms with Crippen molar-refractivity contribution in [2.75, 3.05) is 18.5 Å². The smallest absolute Gasteiger partial charge is 0.200 e. The molecule has 0 amide bonds. The molecule has 1 unspecified atom stereocenters. The van der Waals surface area contributed by atoms with Crippen molar-refractivity contribution in [1.82, 2.24) is 0 Å². The highest BCUT2D eigenvalue weighted by molar-refractivity contribution is 6.32. The van der Waals surface area contributed by atoms with E-state index in [1.54, 1.807) is 13.0 Å². The van der Waals surface area contributed by atoms with Crippen LogP contribution in [-0.2, 0) is 20.7 Å². The van der Waals surface area contributed by atoms with Crippen LogP contribution in [0.25, 0.3) is 0 Å². The number of rotatable bonds is 6. The van der Waals surface area contributed by atoms with Gasteiger partial charge in [0.1, 0.15) is 17.1 Å². The number of ether oxygens (including phenoxy) is 2. The lowest BCUT2D eigenvalue weighted by Crippen LogP contribution is -2.52. The number of phenols is 2. The van der Waals surface area contributed by atoms with Crippen molar-refractivity contribution in [2.45, 2.75) is 69.4 Å². The molecule has 12 nitrogen and oxygen atoms in total. The minimum Gasteiger partial charge on any atom is -0.507 e. The SMILES string of the molecule is CC(=O)[C@]1(O)Cc2c(O)c3c(c(O)c2[C@@H](OC2C[C@H](N)[C@H](O)[C@H](C)O2)C1)C(=O)c1c(NCCO)cccc1C3=O.